The van der Waals surface area contributed by atoms with Crippen LogP contribution in [0.1, 0.15) is 18.9 Å². The number of rotatable bonds is 7. The highest BCUT2D eigenvalue weighted by atomic mass is 127. The van der Waals surface area contributed by atoms with E-state index in [2.05, 4.69) is 5.32 Å². The molecule has 1 N–H and O–H groups in total. The van der Waals surface area contributed by atoms with Gasteiger partial charge < -0.3 is 10.1 Å². The fourth-order valence-corrected chi connectivity index (χ4v) is 2.24. The van der Waals surface area contributed by atoms with E-state index < -0.39 is 4.92 Å². The van der Waals surface area contributed by atoms with Crippen molar-refractivity contribution in [3.63, 3.8) is 0 Å². The third kappa shape index (κ3) is 4.65. The summed E-state index contributed by atoms with van der Waals surface area (Å²) < 4.78 is 6.05. The Bertz CT molecular complexity index is 500. The minimum atomic E-state index is -0.525. The molecule has 0 atom stereocenters. The van der Waals surface area contributed by atoms with Gasteiger partial charge >= 0.3 is 5.69 Å². The van der Waals surface area contributed by atoms with E-state index in [9.17, 15) is 10.1 Å². The van der Waals surface area contributed by atoms with Gasteiger partial charge in [0.2, 0.25) is 5.75 Å². The van der Waals surface area contributed by atoms with Gasteiger partial charge in [0.25, 0.3) is 0 Å². The number of halogens is 1. The van der Waals surface area contributed by atoms with Crippen LogP contribution in [0.15, 0.2) is 12.1 Å². The Morgan fingerprint density at radius 3 is 2.89 bits per heavy atom. The number of nitriles is 1. The average molecular weight is 375 g/mol. The monoisotopic (exact) mass is 375 g/mol. The lowest BCUT2D eigenvalue weighted by Gasteiger charge is -2.09. The molecule has 0 radical (unpaired) electrons. The molecule has 0 fully saturated rings. The molecule has 0 amide bonds. The van der Waals surface area contributed by atoms with E-state index in [1.807, 2.05) is 35.6 Å². The zero-order valence-corrected chi connectivity index (χ0v) is 12.6. The fourth-order valence-electron chi connectivity index (χ4n) is 1.47. The summed E-state index contributed by atoms with van der Waals surface area (Å²) in [6.07, 6.45) is 0.765. The molecule has 0 aliphatic carbocycles. The zero-order chi connectivity index (χ0) is 14.3. The molecule has 0 aliphatic heterocycles. The van der Waals surface area contributed by atoms with E-state index in [0.29, 0.717) is 10.2 Å². The van der Waals surface area contributed by atoms with Gasteiger partial charge in [-0.1, -0.05) is 6.92 Å². The van der Waals surface area contributed by atoms with Crippen LogP contribution in [0.3, 0.4) is 0 Å². The molecule has 102 valence electrons. The van der Waals surface area contributed by atoms with Gasteiger partial charge in [0.1, 0.15) is 0 Å². The van der Waals surface area contributed by atoms with Crippen LogP contribution >= 0.6 is 22.6 Å². The summed E-state index contributed by atoms with van der Waals surface area (Å²) in [6.45, 7) is 4.09. The number of hydrogen-bond acceptors (Lipinski definition) is 5. The lowest BCUT2D eigenvalue weighted by atomic mass is 10.2. The van der Waals surface area contributed by atoms with Crippen LogP contribution in [0, 0.1) is 25.0 Å². The van der Waals surface area contributed by atoms with Crippen molar-refractivity contribution in [2.24, 2.45) is 0 Å². The first kappa shape index (κ1) is 15.7. The maximum atomic E-state index is 11.0. The van der Waals surface area contributed by atoms with Crippen molar-refractivity contribution in [2.75, 3.05) is 19.7 Å². The molecule has 0 spiro atoms. The van der Waals surface area contributed by atoms with E-state index in [4.69, 9.17) is 10.00 Å². The highest BCUT2D eigenvalue weighted by Crippen LogP contribution is 2.33. The molecule has 0 unspecified atom stereocenters. The SMILES string of the molecule is CCNCCCOc1c(I)cc(C#N)cc1[N+](=O)[O-]. The number of nitro groups is 1. The van der Waals surface area contributed by atoms with Gasteiger partial charge in [0, 0.05) is 6.07 Å². The number of nitrogens with zero attached hydrogens (tertiary/aromatic N) is 2. The van der Waals surface area contributed by atoms with E-state index >= 15 is 0 Å². The summed E-state index contributed by atoms with van der Waals surface area (Å²) in [7, 11) is 0. The Morgan fingerprint density at radius 2 is 2.32 bits per heavy atom. The second-order valence-electron chi connectivity index (χ2n) is 3.73. The van der Waals surface area contributed by atoms with E-state index in [1.165, 1.54) is 6.07 Å². The van der Waals surface area contributed by atoms with Crippen LogP contribution < -0.4 is 10.1 Å². The molecule has 0 saturated carbocycles. The van der Waals surface area contributed by atoms with E-state index in [0.717, 1.165) is 19.5 Å². The van der Waals surface area contributed by atoms with Crippen molar-refractivity contribution in [1.82, 2.24) is 5.32 Å². The summed E-state index contributed by atoms with van der Waals surface area (Å²) in [4.78, 5) is 10.5. The van der Waals surface area contributed by atoms with Crippen molar-refractivity contribution < 1.29 is 9.66 Å². The van der Waals surface area contributed by atoms with Crippen LogP contribution in [-0.4, -0.2) is 24.6 Å². The normalized spacial score (nSPS) is 9.95. The number of hydrogen-bond donors (Lipinski definition) is 1. The second-order valence-corrected chi connectivity index (χ2v) is 4.89. The van der Waals surface area contributed by atoms with Gasteiger partial charge in [-0.3, -0.25) is 10.1 Å². The van der Waals surface area contributed by atoms with Gasteiger partial charge in [-0.25, -0.2) is 0 Å². The van der Waals surface area contributed by atoms with Crippen LogP contribution in [0.5, 0.6) is 5.75 Å². The van der Waals surface area contributed by atoms with Crippen molar-refractivity contribution in [2.45, 2.75) is 13.3 Å². The Morgan fingerprint density at radius 1 is 1.58 bits per heavy atom. The zero-order valence-electron chi connectivity index (χ0n) is 10.5. The van der Waals surface area contributed by atoms with Crippen molar-refractivity contribution in [3.8, 4) is 11.8 Å². The van der Waals surface area contributed by atoms with E-state index in [-0.39, 0.29) is 17.0 Å². The number of nitrogens with one attached hydrogen (secondary N) is 1. The lowest BCUT2D eigenvalue weighted by molar-refractivity contribution is -0.386. The third-order valence-corrected chi connectivity index (χ3v) is 3.15. The summed E-state index contributed by atoms with van der Waals surface area (Å²) in [5.41, 5.74) is 0.100. The Balaban J connectivity index is 2.81. The first-order valence-electron chi connectivity index (χ1n) is 5.81. The lowest BCUT2D eigenvalue weighted by Crippen LogP contribution is -2.16. The molecular formula is C12H14IN3O3. The summed E-state index contributed by atoms with van der Waals surface area (Å²) in [5, 5.41) is 22.9. The average Bonchev–Trinajstić information content (AvgIpc) is 2.39. The highest BCUT2D eigenvalue weighted by Gasteiger charge is 2.20. The first-order valence-corrected chi connectivity index (χ1v) is 6.89. The molecular weight excluding hydrogens is 361 g/mol. The predicted octanol–water partition coefficient (Wildman–Crippen LogP) is 2.45. The van der Waals surface area contributed by atoms with Crippen LogP contribution in [0.2, 0.25) is 0 Å². The maximum absolute atomic E-state index is 11.0. The molecule has 1 aromatic rings. The van der Waals surface area contributed by atoms with Gasteiger partial charge in [-0.05, 0) is 48.2 Å². The minimum Gasteiger partial charge on any atom is -0.486 e. The maximum Gasteiger partial charge on any atom is 0.313 e. The minimum absolute atomic E-state index is 0.160. The van der Waals surface area contributed by atoms with Gasteiger partial charge in [-0.15, -0.1) is 0 Å². The molecule has 1 rings (SSSR count). The van der Waals surface area contributed by atoms with Crippen LogP contribution in [-0.2, 0) is 0 Å². The summed E-state index contributed by atoms with van der Waals surface area (Å²) in [5.74, 6) is 0.237. The van der Waals surface area contributed by atoms with Crippen LogP contribution in [0.25, 0.3) is 0 Å². The number of nitro benzene ring substituents is 1. The molecule has 6 nitrogen and oxygen atoms in total. The standard InChI is InChI=1S/C12H14IN3O3/c1-2-15-4-3-5-19-12-10(13)6-9(8-14)7-11(12)16(17)18/h6-7,15H,2-5H2,1H3. The molecule has 0 aliphatic rings. The Hall–Kier alpha value is -1.40. The van der Waals surface area contributed by atoms with Crippen molar-refractivity contribution in [1.29, 1.82) is 5.26 Å². The summed E-state index contributed by atoms with van der Waals surface area (Å²) in [6, 6.07) is 4.71. The van der Waals surface area contributed by atoms with Crippen molar-refractivity contribution in [3.05, 3.63) is 31.4 Å². The number of ether oxygens (including phenoxy) is 1. The first-order chi connectivity index (χ1) is 9.10. The molecule has 1 aromatic carbocycles. The Labute approximate surface area is 125 Å². The molecule has 0 bridgehead atoms. The second kappa shape index (κ2) is 7.91. The topological polar surface area (TPSA) is 88.2 Å². The van der Waals surface area contributed by atoms with Crippen LogP contribution in [0.4, 0.5) is 5.69 Å². The highest BCUT2D eigenvalue weighted by molar-refractivity contribution is 14.1. The molecule has 7 heteroatoms. The number of benzene rings is 1. The molecule has 0 saturated heterocycles. The van der Waals surface area contributed by atoms with Crippen molar-refractivity contribution >= 4 is 28.3 Å². The van der Waals surface area contributed by atoms with Gasteiger partial charge in [0.05, 0.1) is 26.7 Å². The van der Waals surface area contributed by atoms with Gasteiger partial charge in [0.15, 0.2) is 0 Å². The molecule has 19 heavy (non-hydrogen) atoms. The smallest absolute Gasteiger partial charge is 0.313 e. The summed E-state index contributed by atoms with van der Waals surface area (Å²) >= 11 is 1.94. The molecule has 0 aromatic heterocycles. The predicted molar refractivity (Wildman–Crippen MR) is 79.2 cm³/mol. The fraction of sp³-hybridized carbons (Fsp3) is 0.417. The third-order valence-electron chi connectivity index (χ3n) is 2.34. The quantitative estimate of drug-likeness (QED) is 0.342. The Kier molecular flexibility index (Phi) is 6.52. The van der Waals surface area contributed by atoms with E-state index in [1.54, 1.807) is 6.07 Å². The molecule has 0 heterocycles. The van der Waals surface area contributed by atoms with Gasteiger partial charge in [-0.2, -0.15) is 5.26 Å². The largest absolute Gasteiger partial charge is 0.486 e.